The van der Waals surface area contributed by atoms with Gasteiger partial charge >= 0.3 is 0 Å². The lowest BCUT2D eigenvalue weighted by Crippen LogP contribution is -2.37. The number of rotatable bonds is 8. The summed E-state index contributed by atoms with van der Waals surface area (Å²) in [5, 5.41) is 2.90. The molecule has 0 aliphatic carbocycles. The summed E-state index contributed by atoms with van der Waals surface area (Å²) < 4.78 is 31.2. The van der Waals surface area contributed by atoms with Crippen molar-refractivity contribution in [2.24, 2.45) is 0 Å². The fourth-order valence-corrected chi connectivity index (χ4v) is 3.80. The second kappa shape index (κ2) is 9.10. The maximum Gasteiger partial charge on any atom is 0.245 e. The lowest BCUT2D eigenvalue weighted by atomic mass is 9.98. The molecule has 0 aromatic heterocycles. The van der Waals surface area contributed by atoms with E-state index < -0.39 is 15.9 Å². The van der Waals surface area contributed by atoms with E-state index in [9.17, 15) is 13.2 Å². The maximum absolute atomic E-state index is 12.7. The number of ether oxygens (including phenoxy) is 1. The average molecular weight is 405 g/mol. The highest BCUT2D eigenvalue weighted by Crippen LogP contribution is 2.28. The van der Waals surface area contributed by atoms with Crippen molar-refractivity contribution in [2.45, 2.75) is 33.6 Å². The normalized spacial score (nSPS) is 11.4. The van der Waals surface area contributed by atoms with Crippen molar-refractivity contribution in [3.05, 3.63) is 53.6 Å². The summed E-state index contributed by atoms with van der Waals surface area (Å²) in [6.07, 6.45) is 1.08. The predicted molar refractivity (Wildman–Crippen MR) is 114 cm³/mol. The quantitative estimate of drug-likeness (QED) is 0.723. The molecule has 0 spiro atoms. The number of hydrogen-bond donors (Lipinski definition) is 1. The van der Waals surface area contributed by atoms with Gasteiger partial charge in [0, 0.05) is 11.8 Å². The van der Waals surface area contributed by atoms with Gasteiger partial charge in [-0.15, -0.1) is 0 Å². The zero-order valence-electron chi connectivity index (χ0n) is 17.0. The van der Waals surface area contributed by atoms with E-state index in [-0.39, 0.29) is 12.5 Å². The monoisotopic (exact) mass is 404 g/mol. The summed E-state index contributed by atoms with van der Waals surface area (Å²) in [7, 11) is -3.66. The van der Waals surface area contributed by atoms with Crippen LogP contribution in [-0.4, -0.2) is 33.7 Å². The summed E-state index contributed by atoms with van der Waals surface area (Å²) in [5.74, 6) is 0.377. The largest absolute Gasteiger partial charge is 0.494 e. The van der Waals surface area contributed by atoms with Gasteiger partial charge in [-0.3, -0.25) is 9.10 Å². The van der Waals surface area contributed by atoms with Crippen molar-refractivity contribution >= 4 is 27.3 Å². The van der Waals surface area contributed by atoms with E-state index in [0.29, 0.717) is 18.0 Å². The molecule has 2 aromatic carbocycles. The second-order valence-electron chi connectivity index (χ2n) is 6.94. The number of carbonyl (C=O) groups excluding carboxylic acids is 1. The third kappa shape index (κ3) is 5.48. The van der Waals surface area contributed by atoms with Gasteiger partial charge in [0.25, 0.3) is 0 Å². The fourth-order valence-electron chi connectivity index (χ4n) is 2.95. The number of anilines is 2. The predicted octanol–water partition coefficient (Wildman–Crippen LogP) is 3.92. The molecule has 0 unspecified atom stereocenters. The molecule has 152 valence electrons. The van der Waals surface area contributed by atoms with Gasteiger partial charge < -0.3 is 10.1 Å². The number of hydrogen-bond acceptors (Lipinski definition) is 4. The zero-order valence-corrected chi connectivity index (χ0v) is 17.8. The van der Waals surface area contributed by atoms with Crippen LogP contribution in [0, 0.1) is 6.92 Å². The number of para-hydroxylation sites is 1. The summed E-state index contributed by atoms with van der Waals surface area (Å²) in [6.45, 7) is 8.01. The lowest BCUT2D eigenvalue weighted by Gasteiger charge is -2.23. The van der Waals surface area contributed by atoms with Crippen molar-refractivity contribution in [1.29, 1.82) is 0 Å². The highest BCUT2D eigenvalue weighted by molar-refractivity contribution is 7.92. The molecule has 0 saturated carbocycles. The molecule has 6 nitrogen and oxygen atoms in total. The minimum Gasteiger partial charge on any atom is -0.494 e. The molecule has 2 rings (SSSR count). The maximum atomic E-state index is 12.7. The molecule has 7 heteroatoms. The van der Waals surface area contributed by atoms with Crippen molar-refractivity contribution in [3.63, 3.8) is 0 Å². The van der Waals surface area contributed by atoms with Gasteiger partial charge in [0.15, 0.2) is 0 Å². The molecule has 0 aliphatic heterocycles. The van der Waals surface area contributed by atoms with Gasteiger partial charge in [-0.05, 0) is 43.0 Å². The zero-order chi connectivity index (χ0) is 20.9. The Bertz CT molecular complexity index is 939. The highest BCUT2D eigenvalue weighted by atomic mass is 32.2. The molecule has 0 bridgehead atoms. The smallest absolute Gasteiger partial charge is 0.245 e. The van der Waals surface area contributed by atoms with Crippen molar-refractivity contribution in [3.8, 4) is 5.75 Å². The number of benzene rings is 2. The summed E-state index contributed by atoms with van der Waals surface area (Å²) in [4.78, 5) is 12.7. The van der Waals surface area contributed by atoms with Crippen LogP contribution < -0.4 is 14.4 Å². The lowest BCUT2D eigenvalue weighted by molar-refractivity contribution is -0.114. The molecule has 0 heterocycles. The number of sulfonamides is 1. The number of amides is 1. The molecule has 0 fully saturated rings. The first kappa shape index (κ1) is 21.8. The Morgan fingerprint density at radius 2 is 1.86 bits per heavy atom. The molecule has 0 saturated heterocycles. The molecule has 2 aromatic rings. The number of aryl methyl sites for hydroxylation is 1. The minimum atomic E-state index is -3.66. The Labute approximate surface area is 167 Å². The Morgan fingerprint density at radius 3 is 2.46 bits per heavy atom. The Hall–Kier alpha value is -2.54. The van der Waals surface area contributed by atoms with Crippen LogP contribution in [0.1, 0.15) is 37.8 Å². The number of carbonyl (C=O) groups is 1. The van der Waals surface area contributed by atoms with E-state index in [4.69, 9.17) is 4.74 Å². The highest BCUT2D eigenvalue weighted by Gasteiger charge is 2.22. The summed E-state index contributed by atoms with van der Waals surface area (Å²) in [5.41, 5.74) is 3.07. The molecule has 0 radical (unpaired) electrons. The van der Waals surface area contributed by atoms with Crippen LogP contribution in [0.3, 0.4) is 0 Å². The van der Waals surface area contributed by atoms with E-state index in [1.165, 1.54) is 0 Å². The van der Waals surface area contributed by atoms with Gasteiger partial charge in [-0.1, -0.05) is 38.1 Å². The van der Waals surface area contributed by atoms with E-state index in [1.54, 1.807) is 24.3 Å². The molecular weight excluding hydrogens is 376 g/mol. The molecule has 1 N–H and O–H groups in total. The van der Waals surface area contributed by atoms with Crippen LogP contribution in [0.5, 0.6) is 5.75 Å². The Balaban J connectivity index is 2.30. The minimum absolute atomic E-state index is 0.226. The van der Waals surface area contributed by atoms with Crippen LogP contribution in [-0.2, 0) is 14.8 Å². The van der Waals surface area contributed by atoms with Gasteiger partial charge in [0.05, 0.1) is 18.6 Å². The molecule has 0 aliphatic rings. The SMILES string of the molecule is CCOc1cccc(N(CC(=O)Nc2c(C)cccc2C(C)C)S(C)(=O)=O)c1. The van der Waals surface area contributed by atoms with Gasteiger partial charge in [-0.25, -0.2) is 8.42 Å². The van der Waals surface area contributed by atoms with Crippen LogP contribution in [0.2, 0.25) is 0 Å². The van der Waals surface area contributed by atoms with E-state index in [1.807, 2.05) is 45.9 Å². The number of nitrogens with one attached hydrogen (secondary N) is 1. The molecule has 0 atom stereocenters. The topological polar surface area (TPSA) is 75.7 Å². The van der Waals surface area contributed by atoms with Gasteiger partial charge in [-0.2, -0.15) is 0 Å². The molecule has 1 amide bonds. The van der Waals surface area contributed by atoms with Crippen molar-refractivity contribution in [2.75, 3.05) is 29.0 Å². The van der Waals surface area contributed by atoms with Crippen LogP contribution in [0.25, 0.3) is 0 Å². The van der Waals surface area contributed by atoms with Crippen LogP contribution >= 0.6 is 0 Å². The van der Waals surface area contributed by atoms with Crippen LogP contribution in [0.4, 0.5) is 11.4 Å². The van der Waals surface area contributed by atoms with E-state index >= 15 is 0 Å². The van der Waals surface area contributed by atoms with Gasteiger partial charge in [0.2, 0.25) is 15.9 Å². The van der Waals surface area contributed by atoms with Crippen molar-refractivity contribution in [1.82, 2.24) is 0 Å². The Morgan fingerprint density at radius 1 is 1.18 bits per heavy atom. The number of nitrogens with zero attached hydrogens (tertiary/aromatic N) is 1. The molecular formula is C21H28N2O4S. The standard InChI is InChI=1S/C21H28N2O4S/c1-6-27-18-11-8-10-17(13-18)23(28(5,25)26)14-20(24)22-21-16(4)9-7-12-19(21)15(2)3/h7-13,15H,6,14H2,1-5H3,(H,22,24). The van der Waals surface area contributed by atoms with E-state index in [0.717, 1.165) is 27.4 Å². The van der Waals surface area contributed by atoms with Crippen LogP contribution in [0.15, 0.2) is 42.5 Å². The fraction of sp³-hybridized carbons (Fsp3) is 0.381. The summed E-state index contributed by atoms with van der Waals surface area (Å²) in [6, 6.07) is 12.5. The summed E-state index contributed by atoms with van der Waals surface area (Å²) >= 11 is 0. The second-order valence-corrected chi connectivity index (χ2v) is 8.85. The first-order valence-corrected chi connectivity index (χ1v) is 11.1. The van der Waals surface area contributed by atoms with Gasteiger partial charge in [0.1, 0.15) is 12.3 Å². The first-order valence-electron chi connectivity index (χ1n) is 9.23. The van der Waals surface area contributed by atoms with Crippen molar-refractivity contribution < 1.29 is 17.9 Å². The third-order valence-electron chi connectivity index (χ3n) is 4.30. The van der Waals surface area contributed by atoms with E-state index in [2.05, 4.69) is 5.32 Å². The Kier molecular flexibility index (Phi) is 7.07. The first-order chi connectivity index (χ1) is 13.1. The average Bonchev–Trinajstić information content (AvgIpc) is 2.61. The third-order valence-corrected chi connectivity index (χ3v) is 5.44. The molecule has 28 heavy (non-hydrogen) atoms.